The molecule has 0 bridgehead atoms. The van der Waals surface area contributed by atoms with Crippen LogP contribution in [0.2, 0.25) is 5.02 Å². The summed E-state index contributed by atoms with van der Waals surface area (Å²) in [6.45, 7) is 2.11. The smallest absolute Gasteiger partial charge is 0.124 e. The van der Waals surface area contributed by atoms with Crippen LogP contribution in [0.25, 0.3) is 0 Å². The molecule has 100 valence electrons. The topological polar surface area (TPSA) is 35.2 Å². The molecule has 0 amide bonds. The predicted octanol–water partition coefficient (Wildman–Crippen LogP) is 4.08. The Bertz CT molecular complexity index is 572. The number of benzene rings is 2. The first-order valence-electron chi connectivity index (χ1n) is 5.99. The first-order chi connectivity index (χ1) is 9.08. The third-order valence-corrected chi connectivity index (χ3v) is 3.17. The van der Waals surface area contributed by atoms with Gasteiger partial charge < -0.3 is 10.5 Å². The molecule has 1 atom stereocenters. The van der Waals surface area contributed by atoms with Crippen molar-refractivity contribution < 1.29 is 9.13 Å². The molecule has 2 aromatic rings. The van der Waals surface area contributed by atoms with E-state index in [-0.39, 0.29) is 11.9 Å². The van der Waals surface area contributed by atoms with E-state index in [2.05, 4.69) is 0 Å². The average molecular weight is 280 g/mol. The summed E-state index contributed by atoms with van der Waals surface area (Å²) in [4.78, 5) is 0. The van der Waals surface area contributed by atoms with Crippen molar-refractivity contribution >= 4 is 11.6 Å². The van der Waals surface area contributed by atoms with E-state index in [0.29, 0.717) is 22.9 Å². The first-order valence-corrected chi connectivity index (χ1v) is 6.37. The van der Waals surface area contributed by atoms with Crippen LogP contribution >= 0.6 is 11.6 Å². The standard InChI is InChI=1S/C15H15ClFNO/c1-10(18)13-8-12(17)6-7-15(13)19-9-11-4-2-3-5-14(11)16/h2-8,10H,9,18H2,1H3/t10-/m0/s1. The molecule has 2 aromatic carbocycles. The maximum Gasteiger partial charge on any atom is 0.124 e. The van der Waals surface area contributed by atoms with Gasteiger partial charge in [-0.05, 0) is 31.2 Å². The number of ether oxygens (including phenoxy) is 1. The van der Waals surface area contributed by atoms with Crippen molar-refractivity contribution in [3.63, 3.8) is 0 Å². The molecule has 0 aliphatic carbocycles. The molecule has 2 rings (SSSR count). The van der Waals surface area contributed by atoms with E-state index >= 15 is 0 Å². The van der Waals surface area contributed by atoms with Crippen molar-refractivity contribution in [3.05, 3.63) is 64.4 Å². The number of nitrogens with two attached hydrogens (primary N) is 1. The Kier molecular flexibility index (Phi) is 4.40. The lowest BCUT2D eigenvalue weighted by molar-refractivity contribution is 0.301. The lowest BCUT2D eigenvalue weighted by Gasteiger charge is -2.14. The number of hydrogen-bond donors (Lipinski definition) is 1. The highest BCUT2D eigenvalue weighted by Crippen LogP contribution is 2.26. The summed E-state index contributed by atoms with van der Waals surface area (Å²) in [6, 6.07) is 11.5. The van der Waals surface area contributed by atoms with Crippen LogP contribution < -0.4 is 10.5 Å². The molecule has 19 heavy (non-hydrogen) atoms. The summed E-state index contributed by atoms with van der Waals surface area (Å²) in [5, 5.41) is 0.645. The van der Waals surface area contributed by atoms with Crippen molar-refractivity contribution in [1.29, 1.82) is 0 Å². The number of halogens is 2. The third-order valence-electron chi connectivity index (χ3n) is 2.80. The summed E-state index contributed by atoms with van der Waals surface area (Å²) < 4.78 is 18.9. The maximum atomic E-state index is 13.2. The summed E-state index contributed by atoms with van der Waals surface area (Å²) in [7, 11) is 0. The van der Waals surface area contributed by atoms with Gasteiger partial charge in [0.1, 0.15) is 18.2 Å². The van der Waals surface area contributed by atoms with Gasteiger partial charge in [-0.15, -0.1) is 0 Å². The Morgan fingerprint density at radius 2 is 2.00 bits per heavy atom. The molecule has 0 saturated carbocycles. The Balaban J connectivity index is 2.18. The molecule has 0 fully saturated rings. The SMILES string of the molecule is C[C@H](N)c1cc(F)ccc1OCc1ccccc1Cl. The van der Waals surface area contributed by atoms with E-state index in [9.17, 15) is 4.39 Å². The molecule has 0 saturated heterocycles. The molecule has 2 nitrogen and oxygen atoms in total. The highest BCUT2D eigenvalue weighted by molar-refractivity contribution is 6.31. The normalized spacial score (nSPS) is 12.2. The summed E-state index contributed by atoms with van der Waals surface area (Å²) in [5.74, 6) is 0.258. The average Bonchev–Trinajstić information content (AvgIpc) is 2.38. The second-order valence-corrected chi connectivity index (χ2v) is 4.76. The Morgan fingerprint density at radius 3 is 2.68 bits per heavy atom. The lowest BCUT2D eigenvalue weighted by atomic mass is 10.1. The Labute approximate surface area is 117 Å². The summed E-state index contributed by atoms with van der Waals surface area (Å²) in [5.41, 5.74) is 7.33. The maximum absolute atomic E-state index is 13.2. The Hall–Kier alpha value is -1.58. The van der Waals surface area contributed by atoms with E-state index in [1.807, 2.05) is 18.2 Å². The van der Waals surface area contributed by atoms with E-state index in [1.54, 1.807) is 19.1 Å². The summed E-state index contributed by atoms with van der Waals surface area (Å²) >= 11 is 6.05. The first kappa shape index (κ1) is 13.8. The summed E-state index contributed by atoms with van der Waals surface area (Å²) in [6.07, 6.45) is 0. The highest BCUT2D eigenvalue weighted by Gasteiger charge is 2.10. The molecule has 0 radical (unpaired) electrons. The molecule has 0 aliphatic rings. The Morgan fingerprint density at radius 1 is 1.26 bits per heavy atom. The van der Waals surface area contributed by atoms with Crippen LogP contribution in [0.5, 0.6) is 5.75 Å². The molecule has 0 unspecified atom stereocenters. The van der Waals surface area contributed by atoms with Gasteiger partial charge >= 0.3 is 0 Å². The van der Waals surface area contributed by atoms with Crippen molar-refractivity contribution in [2.24, 2.45) is 5.73 Å². The van der Waals surface area contributed by atoms with Crippen molar-refractivity contribution in [1.82, 2.24) is 0 Å². The van der Waals surface area contributed by atoms with Gasteiger partial charge in [0.05, 0.1) is 0 Å². The molecular weight excluding hydrogens is 265 g/mol. The van der Waals surface area contributed by atoms with E-state index in [4.69, 9.17) is 22.1 Å². The van der Waals surface area contributed by atoms with Gasteiger partial charge in [0.2, 0.25) is 0 Å². The zero-order valence-electron chi connectivity index (χ0n) is 10.6. The molecular formula is C15H15ClFNO. The second kappa shape index (κ2) is 6.04. The van der Waals surface area contributed by atoms with Gasteiger partial charge in [0, 0.05) is 22.2 Å². The minimum absolute atomic E-state index is 0.294. The third kappa shape index (κ3) is 3.46. The number of hydrogen-bond acceptors (Lipinski definition) is 2. The van der Waals surface area contributed by atoms with Crippen molar-refractivity contribution in [2.45, 2.75) is 19.6 Å². The molecule has 0 spiro atoms. The van der Waals surface area contributed by atoms with Crippen LogP contribution in [0.1, 0.15) is 24.1 Å². The molecule has 2 N–H and O–H groups in total. The van der Waals surface area contributed by atoms with Gasteiger partial charge in [0.15, 0.2) is 0 Å². The number of rotatable bonds is 4. The van der Waals surface area contributed by atoms with Gasteiger partial charge in [-0.25, -0.2) is 4.39 Å². The van der Waals surface area contributed by atoms with E-state index in [0.717, 1.165) is 5.56 Å². The minimum atomic E-state index is -0.322. The highest BCUT2D eigenvalue weighted by atomic mass is 35.5. The monoisotopic (exact) mass is 279 g/mol. The van der Waals surface area contributed by atoms with Gasteiger partial charge in [-0.1, -0.05) is 29.8 Å². The zero-order chi connectivity index (χ0) is 13.8. The van der Waals surface area contributed by atoms with Crippen molar-refractivity contribution in [2.75, 3.05) is 0 Å². The largest absolute Gasteiger partial charge is 0.489 e. The van der Waals surface area contributed by atoms with Gasteiger partial charge in [-0.2, -0.15) is 0 Å². The molecule has 4 heteroatoms. The quantitative estimate of drug-likeness (QED) is 0.915. The van der Waals surface area contributed by atoms with Crippen molar-refractivity contribution in [3.8, 4) is 5.75 Å². The second-order valence-electron chi connectivity index (χ2n) is 4.35. The van der Waals surface area contributed by atoms with Gasteiger partial charge in [0.25, 0.3) is 0 Å². The van der Waals surface area contributed by atoms with Crippen LogP contribution in [0.15, 0.2) is 42.5 Å². The fourth-order valence-electron chi connectivity index (χ4n) is 1.78. The van der Waals surface area contributed by atoms with E-state index < -0.39 is 0 Å². The fraction of sp³-hybridized carbons (Fsp3) is 0.200. The molecule has 0 aromatic heterocycles. The van der Waals surface area contributed by atoms with Crippen LogP contribution in [-0.4, -0.2) is 0 Å². The van der Waals surface area contributed by atoms with Crippen LogP contribution in [-0.2, 0) is 6.61 Å². The van der Waals surface area contributed by atoms with Crippen LogP contribution in [0, 0.1) is 5.82 Å². The van der Waals surface area contributed by atoms with Crippen LogP contribution in [0.4, 0.5) is 4.39 Å². The van der Waals surface area contributed by atoms with Crippen LogP contribution in [0.3, 0.4) is 0 Å². The minimum Gasteiger partial charge on any atom is -0.489 e. The lowest BCUT2D eigenvalue weighted by Crippen LogP contribution is -2.08. The zero-order valence-corrected chi connectivity index (χ0v) is 11.3. The molecule has 0 heterocycles. The molecule has 0 aliphatic heterocycles. The van der Waals surface area contributed by atoms with Gasteiger partial charge in [-0.3, -0.25) is 0 Å². The fourth-order valence-corrected chi connectivity index (χ4v) is 1.97. The predicted molar refractivity (Wildman–Crippen MR) is 74.8 cm³/mol. The van der Waals surface area contributed by atoms with E-state index in [1.165, 1.54) is 12.1 Å².